The molecule has 0 bridgehead atoms. The number of nitrogens with one attached hydrogen (secondary N) is 1. The third-order valence-corrected chi connectivity index (χ3v) is 4.35. The molecule has 0 radical (unpaired) electrons. The molecule has 26 heavy (non-hydrogen) atoms. The second kappa shape index (κ2) is 6.91. The molecule has 134 valence electrons. The molecule has 0 saturated carbocycles. The smallest absolute Gasteiger partial charge is 0.273 e. The summed E-state index contributed by atoms with van der Waals surface area (Å²) in [6.45, 7) is 1.77. The zero-order valence-corrected chi connectivity index (χ0v) is 13.9. The number of halogens is 1. The monoisotopic (exact) mass is 357 g/mol. The molecule has 0 spiro atoms. The molecule has 1 atom stereocenters. The van der Waals surface area contributed by atoms with Gasteiger partial charge in [-0.1, -0.05) is 6.07 Å². The minimum Gasteiger partial charge on any atom is -0.347 e. The first-order valence-electron chi connectivity index (χ1n) is 7.97. The van der Waals surface area contributed by atoms with Crippen LogP contribution in [0.15, 0.2) is 42.5 Å². The fourth-order valence-corrected chi connectivity index (χ4v) is 3.01. The molecule has 2 aromatic rings. The lowest BCUT2D eigenvalue weighted by molar-refractivity contribution is -0.385. The van der Waals surface area contributed by atoms with Crippen molar-refractivity contribution in [3.8, 4) is 0 Å². The largest absolute Gasteiger partial charge is 0.347 e. The van der Waals surface area contributed by atoms with E-state index in [1.807, 2.05) is 0 Å². The van der Waals surface area contributed by atoms with Gasteiger partial charge in [0.15, 0.2) is 0 Å². The lowest BCUT2D eigenvalue weighted by Crippen LogP contribution is -2.37. The first kappa shape index (κ1) is 17.5. The van der Waals surface area contributed by atoms with Crippen LogP contribution >= 0.6 is 0 Å². The Morgan fingerprint density at radius 2 is 1.96 bits per heavy atom. The first-order chi connectivity index (χ1) is 12.4. The molecular formula is C18H16FN3O4. The van der Waals surface area contributed by atoms with Gasteiger partial charge in [-0.15, -0.1) is 0 Å². The molecular weight excluding hydrogens is 341 g/mol. The Kier molecular flexibility index (Phi) is 4.66. The van der Waals surface area contributed by atoms with Gasteiger partial charge in [-0.2, -0.15) is 0 Å². The number of anilines is 1. The number of rotatable bonds is 4. The Morgan fingerprint density at radius 1 is 1.27 bits per heavy atom. The molecule has 1 saturated heterocycles. The SMILES string of the molecule is Cc1c(C(=O)N[C@H]2CC(=O)N(c3ccc(F)cc3)C2)cccc1[N+](=O)[O-]. The third-order valence-electron chi connectivity index (χ3n) is 4.35. The van der Waals surface area contributed by atoms with Crippen LogP contribution in [0, 0.1) is 22.9 Å². The van der Waals surface area contributed by atoms with Crippen molar-refractivity contribution in [2.24, 2.45) is 0 Å². The van der Waals surface area contributed by atoms with Gasteiger partial charge in [-0.05, 0) is 37.3 Å². The zero-order chi connectivity index (χ0) is 18.8. The number of nitro benzene ring substituents is 1. The Labute approximate surface area is 148 Å². The second-order valence-electron chi connectivity index (χ2n) is 6.06. The highest BCUT2D eigenvalue weighted by atomic mass is 19.1. The maximum atomic E-state index is 13.0. The van der Waals surface area contributed by atoms with Crippen molar-refractivity contribution in [1.82, 2.24) is 5.32 Å². The van der Waals surface area contributed by atoms with E-state index in [9.17, 15) is 24.1 Å². The predicted molar refractivity (Wildman–Crippen MR) is 92.5 cm³/mol. The summed E-state index contributed by atoms with van der Waals surface area (Å²) >= 11 is 0. The fourth-order valence-electron chi connectivity index (χ4n) is 3.01. The fraction of sp³-hybridized carbons (Fsp3) is 0.222. The van der Waals surface area contributed by atoms with Gasteiger partial charge in [-0.3, -0.25) is 19.7 Å². The highest BCUT2D eigenvalue weighted by Crippen LogP contribution is 2.24. The maximum absolute atomic E-state index is 13.0. The minimum atomic E-state index is -0.540. The standard InChI is InChI=1S/C18H16FN3O4/c1-11-15(3-2-4-16(11)22(25)26)18(24)20-13-9-17(23)21(10-13)14-7-5-12(19)6-8-14/h2-8,13H,9-10H2,1H3,(H,20,24)/t13-/m0/s1. The summed E-state index contributed by atoms with van der Waals surface area (Å²) in [7, 11) is 0. The van der Waals surface area contributed by atoms with Crippen molar-refractivity contribution >= 4 is 23.2 Å². The van der Waals surface area contributed by atoms with Crippen LogP contribution in [-0.4, -0.2) is 29.3 Å². The number of benzene rings is 2. The van der Waals surface area contributed by atoms with Gasteiger partial charge in [0.25, 0.3) is 11.6 Å². The molecule has 1 heterocycles. The maximum Gasteiger partial charge on any atom is 0.273 e. The van der Waals surface area contributed by atoms with E-state index in [1.54, 1.807) is 0 Å². The Bertz CT molecular complexity index is 883. The van der Waals surface area contributed by atoms with Crippen LogP contribution in [0.25, 0.3) is 0 Å². The van der Waals surface area contributed by atoms with Crippen LogP contribution in [0.3, 0.4) is 0 Å². The molecule has 8 heteroatoms. The second-order valence-corrected chi connectivity index (χ2v) is 6.06. The highest BCUT2D eigenvalue weighted by Gasteiger charge is 2.32. The van der Waals surface area contributed by atoms with Crippen LogP contribution in [0.1, 0.15) is 22.3 Å². The van der Waals surface area contributed by atoms with E-state index >= 15 is 0 Å². The number of carbonyl (C=O) groups excluding carboxylic acids is 2. The molecule has 1 aliphatic rings. The van der Waals surface area contributed by atoms with E-state index in [2.05, 4.69) is 5.32 Å². The van der Waals surface area contributed by atoms with Crippen LogP contribution in [0.2, 0.25) is 0 Å². The zero-order valence-electron chi connectivity index (χ0n) is 13.9. The normalized spacial score (nSPS) is 16.6. The molecule has 0 unspecified atom stereocenters. The number of hydrogen-bond donors (Lipinski definition) is 1. The first-order valence-corrected chi connectivity index (χ1v) is 7.97. The number of carbonyl (C=O) groups is 2. The van der Waals surface area contributed by atoms with E-state index < -0.39 is 22.7 Å². The van der Waals surface area contributed by atoms with E-state index in [0.29, 0.717) is 5.69 Å². The predicted octanol–water partition coefficient (Wildman–Crippen LogP) is 2.58. The molecule has 0 aliphatic carbocycles. The van der Waals surface area contributed by atoms with Gasteiger partial charge in [0.2, 0.25) is 5.91 Å². The highest BCUT2D eigenvalue weighted by molar-refractivity contribution is 5.99. The molecule has 3 rings (SSSR count). The van der Waals surface area contributed by atoms with Crippen LogP contribution in [0.5, 0.6) is 0 Å². The summed E-state index contributed by atoms with van der Waals surface area (Å²) in [4.78, 5) is 36.6. The summed E-state index contributed by atoms with van der Waals surface area (Å²) in [6.07, 6.45) is 0.108. The molecule has 0 aromatic heterocycles. The average Bonchev–Trinajstić information content (AvgIpc) is 2.95. The Hall–Kier alpha value is -3.29. The number of nitrogens with zero attached hydrogens (tertiary/aromatic N) is 2. The summed E-state index contributed by atoms with van der Waals surface area (Å²) < 4.78 is 13.0. The van der Waals surface area contributed by atoms with E-state index in [4.69, 9.17) is 0 Å². The van der Waals surface area contributed by atoms with Gasteiger partial charge >= 0.3 is 0 Å². The van der Waals surface area contributed by atoms with Crippen LogP contribution in [-0.2, 0) is 4.79 Å². The van der Waals surface area contributed by atoms with Gasteiger partial charge < -0.3 is 10.2 Å². The summed E-state index contributed by atoms with van der Waals surface area (Å²) in [6, 6.07) is 9.39. The van der Waals surface area contributed by atoms with Crippen molar-refractivity contribution in [3.63, 3.8) is 0 Å². The van der Waals surface area contributed by atoms with Crippen molar-refractivity contribution in [3.05, 3.63) is 69.5 Å². The minimum absolute atomic E-state index is 0.108. The quantitative estimate of drug-likeness (QED) is 0.672. The summed E-state index contributed by atoms with van der Waals surface area (Å²) in [5, 5.41) is 13.7. The topological polar surface area (TPSA) is 92.6 Å². The van der Waals surface area contributed by atoms with E-state index in [-0.39, 0.29) is 35.7 Å². The Balaban J connectivity index is 1.73. The summed E-state index contributed by atoms with van der Waals surface area (Å²) in [5.41, 5.74) is 0.898. The number of nitro groups is 1. The van der Waals surface area contributed by atoms with Crippen LogP contribution in [0.4, 0.5) is 15.8 Å². The van der Waals surface area contributed by atoms with Crippen molar-refractivity contribution in [2.45, 2.75) is 19.4 Å². The van der Waals surface area contributed by atoms with Gasteiger partial charge in [0, 0.05) is 35.8 Å². The van der Waals surface area contributed by atoms with Crippen molar-refractivity contribution in [2.75, 3.05) is 11.4 Å². The molecule has 1 fully saturated rings. The number of hydrogen-bond acceptors (Lipinski definition) is 4. The van der Waals surface area contributed by atoms with Gasteiger partial charge in [-0.25, -0.2) is 4.39 Å². The molecule has 1 N–H and O–H groups in total. The van der Waals surface area contributed by atoms with Crippen molar-refractivity contribution < 1.29 is 18.9 Å². The molecule has 2 aromatic carbocycles. The third kappa shape index (κ3) is 3.39. The molecule has 2 amide bonds. The average molecular weight is 357 g/mol. The lowest BCUT2D eigenvalue weighted by Gasteiger charge is -2.17. The Morgan fingerprint density at radius 3 is 2.62 bits per heavy atom. The van der Waals surface area contributed by atoms with E-state index in [1.165, 1.54) is 54.3 Å². The summed E-state index contributed by atoms with van der Waals surface area (Å²) in [5.74, 6) is -1.05. The lowest BCUT2D eigenvalue weighted by atomic mass is 10.1. The molecule has 7 nitrogen and oxygen atoms in total. The van der Waals surface area contributed by atoms with E-state index in [0.717, 1.165) is 0 Å². The van der Waals surface area contributed by atoms with Crippen molar-refractivity contribution in [1.29, 1.82) is 0 Å². The van der Waals surface area contributed by atoms with Gasteiger partial charge in [0.05, 0.1) is 11.0 Å². The van der Waals surface area contributed by atoms with Crippen LogP contribution < -0.4 is 10.2 Å². The molecule has 1 aliphatic heterocycles. The van der Waals surface area contributed by atoms with Gasteiger partial charge in [0.1, 0.15) is 5.82 Å². The number of amides is 2.